The Kier molecular flexibility index (Phi) is 5.50. The number of nitrogens with zero attached hydrogens (tertiary/aromatic N) is 2. The second kappa shape index (κ2) is 7.79. The van der Waals surface area contributed by atoms with Crippen LogP contribution < -0.4 is 10.6 Å². The molecule has 0 aromatic carbocycles. The number of hydrogen-bond acceptors (Lipinski definition) is 5. The van der Waals surface area contributed by atoms with Gasteiger partial charge in [0.25, 0.3) is 0 Å². The molecule has 1 saturated carbocycles. The lowest BCUT2D eigenvalue weighted by Gasteiger charge is -2.17. The van der Waals surface area contributed by atoms with E-state index in [4.69, 9.17) is 9.63 Å². The summed E-state index contributed by atoms with van der Waals surface area (Å²) in [6.07, 6.45) is 10.5. The summed E-state index contributed by atoms with van der Waals surface area (Å²) in [5.74, 6) is 1.72. The summed E-state index contributed by atoms with van der Waals surface area (Å²) >= 11 is 0. The number of amides is 2. The molecular weight excluding hydrogens is 308 g/mol. The van der Waals surface area contributed by atoms with Crippen LogP contribution in [-0.4, -0.2) is 33.9 Å². The number of carbonyl (C=O) groups excluding carboxylic acids is 1. The number of carbonyl (C=O) groups is 1. The maximum atomic E-state index is 12.1. The number of aliphatic hydroxyl groups excluding tert-OH is 1. The van der Waals surface area contributed by atoms with E-state index in [1.54, 1.807) is 0 Å². The van der Waals surface area contributed by atoms with Crippen LogP contribution in [0, 0.1) is 5.92 Å². The average Bonchev–Trinajstić information content (AvgIpc) is 3.24. The normalized spacial score (nSPS) is 25.6. The number of aliphatic hydroxyl groups is 1. The van der Waals surface area contributed by atoms with Gasteiger partial charge in [-0.05, 0) is 26.2 Å². The molecule has 2 amide bonds. The maximum absolute atomic E-state index is 12.1. The summed E-state index contributed by atoms with van der Waals surface area (Å²) in [5, 5.41) is 18.9. The van der Waals surface area contributed by atoms with E-state index in [9.17, 15) is 4.79 Å². The van der Waals surface area contributed by atoms with Crippen LogP contribution in [0.5, 0.6) is 0 Å². The van der Waals surface area contributed by atoms with Crippen molar-refractivity contribution in [1.82, 2.24) is 20.8 Å². The highest BCUT2D eigenvalue weighted by Crippen LogP contribution is 2.31. The summed E-state index contributed by atoms with van der Waals surface area (Å²) in [4.78, 5) is 16.6. The molecular formula is C17H26N4O3. The Morgan fingerprint density at radius 2 is 2.17 bits per heavy atom. The first-order chi connectivity index (χ1) is 11.7. The summed E-state index contributed by atoms with van der Waals surface area (Å²) in [7, 11) is 0. The molecule has 1 aromatic rings. The van der Waals surface area contributed by atoms with Crippen molar-refractivity contribution >= 4 is 6.03 Å². The highest BCUT2D eigenvalue weighted by atomic mass is 16.5. The molecule has 2 aliphatic rings. The largest absolute Gasteiger partial charge is 0.396 e. The van der Waals surface area contributed by atoms with E-state index in [2.05, 4.69) is 20.8 Å². The van der Waals surface area contributed by atoms with Crippen molar-refractivity contribution in [3.8, 4) is 0 Å². The van der Waals surface area contributed by atoms with Gasteiger partial charge in [0.2, 0.25) is 5.89 Å². The fraction of sp³-hybridized carbons (Fsp3) is 0.706. The minimum Gasteiger partial charge on any atom is -0.396 e. The molecule has 1 heterocycles. The molecule has 7 heteroatoms. The van der Waals surface area contributed by atoms with E-state index in [0.29, 0.717) is 11.8 Å². The zero-order chi connectivity index (χ0) is 16.9. The Bertz CT molecular complexity index is 580. The fourth-order valence-corrected chi connectivity index (χ4v) is 3.44. The molecule has 24 heavy (non-hydrogen) atoms. The summed E-state index contributed by atoms with van der Waals surface area (Å²) in [6.45, 7) is 1.94. The third kappa shape index (κ3) is 4.14. The lowest BCUT2D eigenvalue weighted by molar-refractivity contribution is 0.226. The van der Waals surface area contributed by atoms with E-state index >= 15 is 0 Å². The predicted octanol–water partition coefficient (Wildman–Crippen LogP) is 2.41. The Labute approximate surface area is 141 Å². The van der Waals surface area contributed by atoms with Gasteiger partial charge in [0, 0.05) is 24.5 Å². The summed E-state index contributed by atoms with van der Waals surface area (Å²) in [5.41, 5.74) is 0. The lowest BCUT2D eigenvalue weighted by atomic mass is 9.89. The highest BCUT2D eigenvalue weighted by Gasteiger charge is 2.24. The van der Waals surface area contributed by atoms with Crippen molar-refractivity contribution in [3.05, 3.63) is 23.9 Å². The van der Waals surface area contributed by atoms with Crippen molar-refractivity contribution in [1.29, 1.82) is 0 Å². The van der Waals surface area contributed by atoms with Crippen LogP contribution in [0.1, 0.15) is 69.1 Å². The summed E-state index contributed by atoms with van der Waals surface area (Å²) < 4.78 is 5.33. The van der Waals surface area contributed by atoms with Gasteiger partial charge in [-0.25, -0.2) is 4.79 Å². The molecule has 3 N–H and O–H groups in total. The first-order valence-corrected chi connectivity index (χ1v) is 8.85. The van der Waals surface area contributed by atoms with E-state index in [0.717, 1.165) is 25.1 Å². The quantitative estimate of drug-likeness (QED) is 0.718. The third-order valence-electron chi connectivity index (χ3n) is 4.87. The average molecular weight is 334 g/mol. The van der Waals surface area contributed by atoms with E-state index < -0.39 is 0 Å². The molecule has 132 valence electrons. The Morgan fingerprint density at radius 1 is 1.38 bits per heavy atom. The molecule has 3 rings (SSSR count). The van der Waals surface area contributed by atoms with Crippen molar-refractivity contribution in [3.63, 3.8) is 0 Å². The van der Waals surface area contributed by atoms with Gasteiger partial charge in [-0.3, -0.25) is 0 Å². The monoisotopic (exact) mass is 334 g/mol. The second-order valence-corrected chi connectivity index (χ2v) is 6.83. The molecule has 3 atom stereocenters. The van der Waals surface area contributed by atoms with Crippen molar-refractivity contribution in [2.45, 2.75) is 63.5 Å². The predicted molar refractivity (Wildman–Crippen MR) is 88.3 cm³/mol. The molecule has 0 saturated heterocycles. The number of nitrogens with one attached hydrogen (secondary N) is 2. The van der Waals surface area contributed by atoms with Crippen LogP contribution in [-0.2, 0) is 0 Å². The topological polar surface area (TPSA) is 100 Å². The van der Waals surface area contributed by atoms with Gasteiger partial charge < -0.3 is 20.3 Å². The molecule has 7 nitrogen and oxygen atoms in total. The highest BCUT2D eigenvalue weighted by molar-refractivity contribution is 5.74. The Hall–Kier alpha value is -1.89. The number of aromatic nitrogens is 2. The third-order valence-corrected chi connectivity index (χ3v) is 4.87. The van der Waals surface area contributed by atoms with Crippen LogP contribution in [0.2, 0.25) is 0 Å². The zero-order valence-corrected chi connectivity index (χ0v) is 14.1. The molecule has 1 fully saturated rings. The van der Waals surface area contributed by atoms with Crippen LogP contribution in [0.15, 0.2) is 16.7 Å². The Morgan fingerprint density at radius 3 is 2.88 bits per heavy atom. The molecule has 0 aliphatic heterocycles. The first-order valence-electron chi connectivity index (χ1n) is 8.85. The molecule has 0 spiro atoms. The van der Waals surface area contributed by atoms with Crippen molar-refractivity contribution in [2.24, 2.45) is 5.92 Å². The van der Waals surface area contributed by atoms with Gasteiger partial charge in [0.1, 0.15) is 6.04 Å². The van der Waals surface area contributed by atoms with E-state index in [-0.39, 0.29) is 30.6 Å². The van der Waals surface area contributed by atoms with Crippen LogP contribution >= 0.6 is 0 Å². The number of urea groups is 1. The molecule has 1 unspecified atom stereocenters. The van der Waals surface area contributed by atoms with Gasteiger partial charge in [0.15, 0.2) is 5.82 Å². The van der Waals surface area contributed by atoms with E-state index in [1.165, 1.54) is 19.3 Å². The zero-order valence-electron chi connectivity index (χ0n) is 14.1. The first kappa shape index (κ1) is 17.0. The minimum absolute atomic E-state index is 0.0464. The minimum atomic E-state index is -0.339. The number of rotatable bonds is 5. The fourth-order valence-electron chi connectivity index (χ4n) is 3.44. The summed E-state index contributed by atoms with van der Waals surface area (Å²) in [6, 6.07) is -0.656. The SMILES string of the molecule is CC(NC(=O)N[C@@H]1C=C[C@H](CO)C1)c1nc(C2CCCCC2)no1. The van der Waals surface area contributed by atoms with Gasteiger partial charge in [-0.1, -0.05) is 36.6 Å². The maximum Gasteiger partial charge on any atom is 0.315 e. The lowest BCUT2D eigenvalue weighted by Crippen LogP contribution is -2.42. The van der Waals surface area contributed by atoms with Gasteiger partial charge >= 0.3 is 6.03 Å². The van der Waals surface area contributed by atoms with E-state index in [1.807, 2.05) is 19.1 Å². The smallest absolute Gasteiger partial charge is 0.315 e. The van der Waals surface area contributed by atoms with Crippen molar-refractivity contribution in [2.75, 3.05) is 6.61 Å². The molecule has 2 aliphatic carbocycles. The standard InChI is InChI=1S/C17H26N4O3/c1-11(18-17(23)19-14-8-7-12(9-14)10-22)16-20-15(21-24-16)13-5-3-2-4-6-13/h7-8,11-14,22H,2-6,9-10H2,1H3,(H2,18,19,23)/t11?,12-,14+/m0/s1. The molecule has 1 aromatic heterocycles. The Balaban J connectivity index is 1.49. The number of hydrogen-bond donors (Lipinski definition) is 3. The van der Waals surface area contributed by atoms with Crippen molar-refractivity contribution < 1.29 is 14.4 Å². The molecule has 0 bridgehead atoms. The van der Waals surface area contributed by atoms with Gasteiger partial charge in [-0.15, -0.1) is 0 Å². The van der Waals surface area contributed by atoms with Crippen LogP contribution in [0.3, 0.4) is 0 Å². The molecule has 0 radical (unpaired) electrons. The van der Waals surface area contributed by atoms with Crippen LogP contribution in [0.25, 0.3) is 0 Å². The van der Waals surface area contributed by atoms with Crippen LogP contribution in [0.4, 0.5) is 4.79 Å². The van der Waals surface area contributed by atoms with Gasteiger partial charge in [-0.2, -0.15) is 4.98 Å². The second-order valence-electron chi connectivity index (χ2n) is 6.83. The van der Waals surface area contributed by atoms with Gasteiger partial charge in [0.05, 0.1) is 0 Å².